The molecule has 1 aliphatic rings. The minimum absolute atomic E-state index is 0.612. The average Bonchev–Trinajstić information content (AvgIpc) is 2.82. The van der Waals surface area contributed by atoms with Gasteiger partial charge in [-0.1, -0.05) is 59.7 Å². The molecule has 3 aromatic carbocycles. The van der Waals surface area contributed by atoms with Gasteiger partial charge in [0.15, 0.2) is 0 Å². The maximum atomic E-state index is 5.99. The molecule has 0 atom stereocenters. The fourth-order valence-electron chi connectivity index (χ4n) is 2.96. The van der Waals surface area contributed by atoms with Crippen LogP contribution >= 0.6 is 12.2 Å². The predicted molar refractivity (Wildman–Crippen MR) is 116 cm³/mol. The molecule has 4 rings (SSSR count). The summed E-state index contributed by atoms with van der Waals surface area (Å²) in [4.78, 5) is 5.66. The Kier molecular flexibility index (Phi) is 4.73. The van der Waals surface area contributed by atoms with Crippen LogP contribution < -0.4 is 10.1 Å². The topological polar surface area (TPSA) is 33.6 Å². The van der Waals surface area contributed by atoms with E-state index in [1.54, 1.807) is 0 Å². The second kappa shape index (κ2) is 7.33. The van der Waals surface area contributed by atoms with Crippen molar-refractivity contribution in [2.45, 2.75) is 20.3 Å². The van der Waals surface area contributed by atoms with Crippen molar-refractivity contribution in [3.8, 4) is 11.5 Å². The highest BCUT2D eigenvalue weighted by Gasteiger charge is 2.15. The van der Waals surface area contributed by atoms with E-state index in [9.17, 15) is 0 Å². The van der Waals surface area contributed by atoms with E-state index < -0.39 is 0 Å². The smallest absolute Gasteiger partial charge is 0.129 e. The zero-order valence-electron chi connectivity index (χ0n) is 15.3. The molecule has 0 bridgehead atoms. The van der Waals surface area contributed by atoms with Gasteiger partial charge in [0.05, 0.1) is 22.1 Å². The second-order valence-corrected chi connectivity index (χ2v) is 7.24. The Bertz CT molecular complexity index is 1020. The fourth-order valence-corrected chi connectivity index (χ4v) is 3.21. The molecule has 1 heterocycles. The summed E-state index contributed by atoms with van der Waals surface area (Å²) >= 11 is 5.50. The number of nitrogens with zero attached hydrogens (tertiary/aromatic N) is 1. The fraction of sp³-hybridized carbons (Fsp3) is 0.130. The van der Waals surface area contributed by atoms with Gasteiger partial charge < -0.3 is 10.1 Å². The van der Waals surface area contributed by atoms with Crippen molar-refractivity contribution in [1.82, 2.24) is 0 Å². The van der Waals surface area contributed by atoms with Gasteiger partial charge in [-0.3, -0.25) is 4.99 Å². The van der Waals surface area contributed by atoms with Gasteiger partial charge >= 0.3 is 0 Å². The first kappa shape index (κ1) is 17.4. The van der Waals surface area contributed by atoms with E-state index in [4.69, 9.17) is 21.9 Å². The normalized spacial score (nSPS) is 13.3. The predicted octanol–water partition coefficient (Wildman–Crippen LogP) is 6.36. The zero-order chi connectivity index (χ0) is 18.8. The van der Waals surface area contributed by atoms with Crippen LogP contribution in [-0.4, -0.2) is 10.7 Å². The lowest BCUT2D eigenvalue weighted by atomic mass is 10.1. The van der Waals surface area contributed by atoms with Crippen LogP contribution in [0.15, 0.2) is 71.7 Å². The first-order chi connectivity index (χ1) is 13.1. The molecule has 0 amide bonds. The van der Waals surface area contributed by atoms with Gasteiger partial charge in [0.2, 0.25) is 0 Å². The van der Waals surface area contributed by atoms with Gasteiger partial charge in [-0.25, -0.2) is 0 Å². The van der Waals surface area contributed by atoms with Crippen molar-refractivity contribution in [3.63, 3.8) is 0 Å². The largest absolute Gasteiger partial charge is 0.457 e. The van der Waals surface area contributed by atoms with E-state index in [1.807, 2.05) is 42.5 Å². The molecule has 0 aliphatic carbocycles. The number of hydrogen-bond acceptors (Lipinski definition) is 3. The van der Waals surface area contributed by atoms with E-state index in [0.717, 1.165) is 39.1 Å². The number of hydrogen-bond donors (Lipinski definition) is 1. The second-order valence-electron chi connectivity index (χ2n) is 6.74. The summed E-state index contributed by atoms with van der Waals surface area (Å²) in [6.45, 7) is 4.14. The van der Waals surface area contributed by atoms with Crippen molar-refractivity contribution in [2.24, 2.45) is 4.99 Å². The lowest BCUT2D eigenvalue weighted by molar-refractivity contribution is 0.483. The highest BCUT2D eigenvalue weighted by atomic mass is 32.1. The SMILES string of the molecule is Cc1ccc(Oc2ccc3c(c2)N=C(c2ccc(C)cc2)CC(=S)N3)cc1. The van der Waals surface area contributed by atoms with Crippen LogP contribution in [0, 0.1) is 13.8 Å². The van der Waals surface area contributed by atoms with Crippen LogP contribution in [0.25, 0.3) is 0 Å². The van der Waals surface area contributed by atoms with Crippen molar-refractivity contribution in [2.75, 3.05) is 5.32 Å². The van der Waals surface area contributed by atoms with E-state index in [1.165, 1.54) is 11.1 Å². The minimum Gasteiger partial charge on any atom is -0.457 e. The summed E-state index contributed by atoms with van der Waals surface area (Å²) in [5.74, 6) is 1.56. The Labute approximate surface area is 164 Å². The molecule has 3 aromatic rings. The molecule has 0 saturated carbocycles. The summed E-state index contributed by atoms with van der Waals surface area (Å²) in [6, 6.07) is 22.2. The number of benzene rings is 3. The Morgan fingerprint density at radius 2 is 1.48 bits per heavy atom. The van der Waals surface area contributed by atoms with Gasteiger partial charge in [0.25, 0.3) is 0 Å². The van der Waals surface area contributed by atoms with Crippen molar-refractivity contribution < 1.29 is 4.74 Å². The first-order valence-corrected chi connectivity index (χ1v) is 9.31. The van der Waals surface area contributed by atoms with Gasteiger partial charge in [-0.05, 0) is 43.7 Å². The molecular formula is C23H20N2OS. The van der Waals surface area contributed by atoms with E-state index in [0.29, 0.717) is 6.42 Å². The summed E-state index contributed by atoms with van der Waals surface area (Å²) in [5, 5.41) is 3.29. The Morgan fingerprint density at radius 1 is 0.852 bits per heavy atom. The standard InChI is InChI=1S/C23H20N2OS/c1-15-3-7-17(8-4-15)21-14-23(27)25-20-12-11-19(13-22(20)24-21)26-18-9-5-16(2)6-10-18/h3-13H,14H2,1-2H3,(H,25,27). The zero-order valence-corrected chi connectivity index (χ0v) is 16.1. The Morgan fingerprint density at radius 3 is 2.19 bits per heavy atom. The molecule has 27 heavy (non-hydrogen) atoms. The third-order valence-electron chi connectivity index (χ3n) is 4.47. The Balaban J connectivity index is 1.69. The van der Waals surface area contributed by atoms with Crippen molar-refractivity contribution in [1.29, 1.82) is 0 Å². The number of nitrogens with one attached hydrogen (secondary N) is 1. The van der Waals surface area contributed by atoms with Crippen molar-refractivity contribution in [3.05, 3.63) is 83.4 Å². The highest BCUT2D eigenvalue weighted by Crippen LogP contribution is 2.34. The molecule has 1 aliphatic heterocycles. The van der Waals surface area contributed by atoms with Crippen LogP contribution in [0.5, 0.6) is 11.5 Å². The van der Waals surface area contributed by atoms with Crippen LogP contribution in [0.1, 0.15) is 23.1 Å². The van der Waals surface area contributed by atoms with E-state index >= 15 is 0 Å². The molecule has 3 nitrogen and oxygen atoms in total. The number of aryl methyl sites for hydroxylation is 2. The maximum Gasteiger partial charge on any atom is 0.129 e. The van der Waals surface area contributed by atoms with Crippen molar-refractivity contribution >= 4 is 34.3 Å². The summed E-state index contributed by atoms with van der Waals surface area (Å²) in [7, 11) is 0. The Hall–Kier alpha value is -2.98. The van der Waals surface area contributed by atoms with Crippen LogP contribution in [0.4, 0.5) is 11.4 Å². The van der Waals surface area contributed by atoms with Gasteiger partial charge in [0, 0.05) is 12.5 Å². The molecule has 1 N–H and O–H groups in total. The van der Waals surface area contributed by atoms with Crippen LogP contribution in [0.2, 0.25) is 0 Å². The molecule has 0 fully saturated rings. The monoisotopic (exact) mass is 372 g/mol. The first-order valence-electron chi connectivity index (χ1n) is 8.90. The van der Waals surface area contributed by atoms with Gasteiger partial charge in [-0.15, -0.1) is 0 Å². The quantitative estimate of drug-likeness (QED) is 0.543. The number of rotatable bonds is 3. The average molecular weight is 372 g/mol. The molecule has 0 aromatic heterocycles. The van der Waals surface area contributed by atoms with Gasteiger partial charge in [0.1, 0.15) is 11.5 Å². The third kappa shape index (κ3) is 4.07. The van der Waals surface area contributed by atoms with E-state index in [-0.39, 0.29) is 0 Å². The van der Waals surface area contributed by atoms with Crippen LogP contribution in [-0.2, 0) is 0 Å². The summed E-state index contributed by atoms with van der Waals surface area (Å²) < 4.78 is 5.99. The third-order valence-corrected chi connectivity index (χ3v) is 4.71. The molecule has 4 heteroatoms. The summed E-state index contributed by atoms with van der Waals surface area (Å²) in [5.41, 5.74) is 6.20. The number of aliphatic imine (C=N–C) groups is 1. The molecule has 0 saturated heterocycles. The van der Waals surface area contributed by atoms with Gasteiger partial charge in [-0.2, -0.15) is 0 Å². The molecule has 134 valence electrons. The highest BCUT2D eigenvalue weighted by molar-refractivity contribution is 7.80. The molecule has 0 unspecified atom stereocenters. The molecule has 0 spiro atoms. The lowest BCUT2D eigenvalue weighted by Gasteiger charge is -2.10. The lowest BCUT2D eigenvalue weighted by Crippen LogP contribution is -2.12. The number of anilines is 1. The summed E-state index contributed by atoms with van der Waals surface area (Å²) in [6.07, 6.45) is 0.612. The minimum atomic E-state index is 0.612. The van der Waals surface area contributed by atoms with Crippen LogP contribution in [0.3, 0.4) is 0 Å². The number of fused-ring (bicyclic) bond motifs is 1. The molecular weight excluding hydrogens is 352 g/mol. The number of ether oxygens (including phenoxy) is 1. The number of thiocarbonyl (C=S) groups is 1. The maximum absolute atomic E-state index is 5.99. The molecule has 0 radical (unpaired) electrons. The van der Waals surface area contributed by atoms with E-state index in [2.05, 4.69) is 43.4 Å².